The number of hydrazone groups is 1. The summed E-state index contributed by atoms with van der Waals surface area (Å²) in [6.45, 7) is 1.28. The maximum atomic E-state index is 9.15. The van der Waals surface area contributed by atoms with Crippen molar-refractivity contribution < 1.29 is 4.74 Å². The second kappa shape index (κ2) is 8.97. The molecule has 0 spiro atoms. The first kappa shape index (κ1) is 19.3. The molecule has 5 nitrogen and oxygen atoms in total. The van der Waals surface area contributed by atoms with Gasteiger partial charge in [0.05, 0.1) is 31.5 Å². The van der Waals surface area contributed by atoms with Crippen LogP contribution in [0.25, 0.3) is 10.9 Å². The van der Waals surface area contributed by atoms with Gasteiger partial charge in [-0.25, -0.2) is 0 Å². The Morgan fingerprint density at radius 3 is 2.77 bits per heavy atom. The number of ether oxygens (including phenoxy) is 1. The molecule has 0 saturated heterocycles. The minimum absolute atomic E-state index is 0.583. The number of aromatic nitrogens is 1. The third-order valence-electron chi connectivity index (χ3n) is 4.99. The minimum Gasteiger partial charge on any atom is -0.496 e. The van der Waals surface area contributed by atoms with E-state index in [2.05, 4.69) is 39.5 Å². The van der Waals surface area contributed by atoms with E-state index in [9.17, 15) is 0 Å². The van der Waals surface area contributed by atoms with Gasteiger partial charge < -0.3 is 14.7 Å². The molecule has 0 atom stereocenters. The van der Waals surface area contributed by atoms with Crippen molar-refractivity contribution in [2.75, 3.05) is 7.11 Å². The highest BCUT2D eigenvalue weighted by atomic mass is 16.5. The van der Waals surface area contributed by atoms with Crippen molar-refractivity contribution in [3.8, 4) is 11.8 Å². The zero-order chi connectivity index (χ0) is 20.8. The van der Waals surface area contributed by atoms with Gasteiger partial charge in [-0.2, -0.15) is 10.4 Å². The Morgan fingerprint density at radius 1 is 1.07 bits per heavy atom. The van der Waals surface area contributed by atoms with Crippen molar-refractivity contribution in [1.82, 2.24) is 9.99 Å². The van der Waals surface area contributed by atoms with E-state index in [0.29, 0.717) is 18.7 Å². The molecule has 0 amide bonds. The van der Waals surface area contributed by atoms with Crippen LogP contribution < -0.4 is 10.2 Å². The number of rotatable bonds is 7. The summed E-state index contributed by atoms with van der Waals surface area (Å²) in [5, 5.41) is 14.7. The number of nitrogens with one attached hydrogen (secondary N) is 1. The van der Waals surface area contributed by atoms with Crippen molar-refractivity contribution in [3.05, 3.63) is 101 Å². The summed E-state index contributed by atoms with van der Waals surface area (Å²) in [6.07, 6.45) is 3.94. The molecule has 30 heavy (non-hydrogen) atoms. The van der Waals surface area contributed by atoms with Crippen LogP contribution in [-0.4, -0.2) is 17.9 Å². The molecule has 0 radical (unpaired) electrons. The lowest BCUT2D eigenvalue weighted by atomic mass is 10.1. The summed E-state index contributed by atoms with van der Waals surface area (Å²) in [5.41, 5.74) is 8.09. The van der Waals surface area contributed by atoms with E-state index < -0.39 is 0 Å². The van der Waals surface area contributed by atoms with Gasteiger partial charge >= 0.3 is 0 Å². The lowest BCUT2D eigenvalue weighted by Gasteiger charge is -2.07. The monoisotopic (exact) mass is 394 g/mol. The van der Waals surface area contributed by atoms with E-state index in [-0.39, 0.29) is 0 Å². The van der Waals surface area contributed by atoms with Crippen LogP contribution in [0.3, 0.4) is 0 Å². The molecule has 0 aliphatic heterocycles. The van der Waals surface area contributed by atoms with Crippen molar-refractivity contribution in [1.29, 1.82) is 5.26 Å². The van der Waals surface area contributed by atoms with Gasteiger partial charge in [0, 0.05) is 34.8 Å². The summed E-state index contributed by atoms with van der Waals surface area (Å²) in [5.74, 6) is 0.844. The van der Waals surface area contributed by atoms with Crippen molar-refractivity contribution >= 4 is 17.1 Å². The Kier molecular flexibility index (Phi) is 5.77. The average Bonchev–Trinajstić information content (AvgIpc) is 3.14. The maximum Gasteiger partial charge on any atom is 0.123 e. The fourth-order valence-corrected chi connectivity index (χ4v) is 3.54. The highest BCUT2D eigenvalue weighted by Crippen LogP contribution is 2.22. The van der Waals surface area contributed by atoms with Crippen molar-refractivity contribution in [2.45, 2.75) is 13.1 Å². The molecule has 4 aromatic rings. The number of benzene rings is 3. The van der Waals surface area contributed by atoms with Crippen LogP contribution in [-0.2, 0) is 13.1 Å². The number of fused-ring (bicyclic) bond motifs is 1. The van der Waals surface area contributed by atoms with Gasteiger partial charge in [0.1, 0.15) is 5.75 Å². The van der Waals surface area contributed by atoms with Crippen LogP contribution in [0.5, 0.6) is 5.75 Å². The second-order valence-electron chi connectivity index (χ2n) is 6.95. The topological polar surface area (TPSA) is 62.3 Å². The van der Waals surface area contributed by atoms with Gasteiger partial charge in [-0.05, 0) is 29.8 Å². The van der Waals surface area contributed by atoms with Crippen LogP contribution in [0.2, 0.25) is 0 Å². The van der Waals surface area contributed by atoms with Gasteiger partial charge in [0.15, 0.2) is 0 Å². The largest absolute Gasteiger partial charge is 0.496 e. The summed E-state index contributed by atoms with van der Waals surface area (Å²) in [4.78, 5) is 0. The van der Waals surface area contributed by atoms with E-state index in [1.807, 2.05) is 66.9 Å². The maximum absolute atomic E-state index is 9.15. The Labute approximate surface area is 175 Å². The number of nitrogens with zero attached hydrogens (tertiary/aromatic N) is 3. The number of hydrogen-bond acceptors (Lipinski definition) is 4. The first-order valence-electron chi connectivity index (χ1n) is 9.73. The predicted molar refractivity (Wildman–Crippen MR) is 120 cm³/mol. The summed E-state index contributed by atoms with van der Waals surface area (Å²) >= 11 is 0. The number of methoxy groups -OCH3 is 1. The van der Waals surface area contributed by atoms with Crippen molar-refractivity contribution in [2.24, 2.45) is 5.10 Å². The van der Waals surface area contributed by atoms with Crippen LogP contribution in [0.15, 0.2) is 84.1 Å². The normalized spacial score (nSPS) is 10.9. The SMILES string of the molecule is COc1ccccc1CN/N=C\c1cn(Cc2cccc(C#N)c2)c2ccccc12. The molecule has 0 unspecified atom stereocenters. The van der Waals surface area contributed by atoms with Crippen LogP contribution >= 0.6 is 0 Å². The van der Waals surface area contributed by atoms with E-state index in [4.69, 9.17) is 10.00 Å². The highest BCUT2D eigenvalue weighted by Gasteiger charge is 2.08. The first-order valence-corrected chi connectivity index (χ1v) is 9.73. The van der Waals surface area contributed by atoms with Gasteiger partial charge in [0.25, 0.3) is 0 Å². The number of hydrogen-bond donors (Lipinski definition) is 1. The predicted octanol–water partition coefficient (Wildman–Crippen LogP) is 4.69. The summed E-state index contributed by atoms with van der Waals surface area (Å²) in [6, 6.07) is 26.1. The third kappa shape index (κ3) is 4.18. The second-order valence-corrected chi connectivity index (χ2v) is 6.95. The molecule has 3 aromatic carbocycles. The van der Waals surface area contributed by atoms with Gasteiger partial charge in [0.2, 0.25) is 0 Å². The molecule has 0 aliphatic carbocycles. The van der Waals surface area contributed by atoms with Crippen molar-refractivity contribution in [3.63, 3.8) is 0 Å². The van der Waals surface area contributed by atoms with Crippen LogP contribution in [0.1, 0.15) is 22.3 Å². The highest BCUT2D eigenvalue weighted by molar-refractivity contribution is 5.99. The lowest BCUT2D eigenvalue weighted by molar-refractivity contribution is 0.408. The molecular formula is C25H22N4O. The van der Waals surface area contributed by atoms with Gasteiger partial charge in [-0.15, -0.1) is 0 Å². The number of nitriles is 1. The van der Waals surface area contributed by atoms with E-state index in [0.717, 1.165) is 33.3 Å². The Hall–Kier alpha value is -4.04. The smallest absolute Gasteiger partial charge is 0.123 e. The summed E-state index contributed by atoms with van der Waals surface area (Å²) < 4.78 is 7.57. The molecule has 148 valence electrons. The molecule has 4 rings (SSSR count). The lowest BCUT2D eigenvalue weighted by Crippen LogP contribution is -2.06. The standard InChI is InChI=1S/C25H22N4O/c1-30-25-12-5-2-9-21(25)15-27-28-16-22-18-29(24-11-4-3-10-23(22)24)17-20-8-6-7-19(13-20)14-26/h2-13,16,18,27H,15,17H2,1H3/b28-16-. The zero-order valence-electron chi connectivity index (χ0n) is 16.7. The fraction of sp³-hybridized carbons (Fsp3) is 0.120. The van der Waals surface area contributed by atoms with Crippen LogP contribution in [0.4, 0.5) is 0 Å². The van der Waals surface area contributed by atoms with E-state index in [1.165, 1.54) is 0 Å². The molecule has 0 fully saturated rings. The zero-order valence-corrected chi connectivity index (χ0v) is 16.7. The van der Waals surface area contributed by atoms with E-state index >= 15 is 0 Å². The summed E-state index contributed by atoms with van der Waals surface area (Å²) in [7, 11) is 1.67. The quantitative estimate of drug-likeness (QED) is 0.365. The average molecular weight is 394 g/mol. The third-order valence-corrected chi connectivity index (χ3v) is 4.99. The molecule has 0 bridgehead atoms. The molecule has 1 N–H and O–H groups in total. The minimum atomic E-state index is 0.583. The van der Waals surface area contributed by atoms with Crippen LogP contribution in [0, 0.1) is 11.3 Å². The van der Waals surface area contributed by atoms with Gasteiger partial charge in [-0.3, -0.25) is 0 Å². The Balaban J connectivity index is 1.54. The molecule has 0 saturated carbocycles. The number of para-hydroxylation sites is 2. The molecular weight excluding hydrogens is 372 g/mol. The molecule has 1 heterocycles. The van der Waals surface area contributed by atoms with E-state index in [1.54, 1.807) is 7.11 Å². The Bertz CT molecular complexity index is 1230. The molecule has 1 aromatic heterocycles. The van der Waals surface area contributed by atoms with Gasteiger partial charge in [-0.1, -0.05) is 48.5 Å². The fourth-order valence-electron chi connectivity index (χ4n) is 3.54. The Morgan fingerprint density at radius 2 is 1.90 bits per heavy atom. The molecule has 5 heteroatoms. The first-order chi connectivity index (χ1) is 14.8. The molecule has 0 aliphatic rings.